The highest BCUT2D eigenvalue weighted by atomic mass is 16.2. The molecule has 0 bridgehead atoms. The molecule has 1 saturated heterocycles. The molecule has 2 aromatic heterocycles. The summed E-state index contributed by atoms with van der Waals surface area (Å²) in [6.45, 7) is 4.09. The summed E-state index contributed by atoms with van der Waals surface area (Å²) in [5.41, 5.74) is 13.8. The molecule has 5 rings (SSSR count). The summed E-state index contributed by atoms with van der Waals surface area (Å²) in [7, 11) is 0. The van der Waals surface area contributed by atoms with E-state index in [0.717, 1.165) is 16.5 Å². The van der Waals surface area contributed by atoms with Crippen LogP contribution in [0.3, 0.4) is 0 Å². The molecule has 1 aliphatic heterocycles. The maximum Gasteiger partial charge on any atom is 0.245 e. The fourth-order valence-corrected chi connectivity index (χ4v) is 8.35. The number of nitrogens with two attached hydrogens (primary N) is 2. The molecule has 386 valence electrons. The van der Waals surface area contributed by atoms with Crippen LogP contribution in [-0.2, 0) is 62.4 Å². The smallest absolute Gasteiger partial charge is 0.245 e. The van der Waals surface area contributed by atoms with Gasteiger partial charge in [0.25, 0.3) is 0 Å². The number of benzene rings is 2. The van der Waals surface area contributed by atoms with Crippen molar-refractivity contribution in [2.24, 2.45) is 22.4 Å². The summed E-state index contributed by atoms with van der Waals surface area (Å²) in [6, 6.07) is 8.63. The van der Waals surface area contributed by atoms with Crippen LogP contribution in [-0.4, -0.2) is 123 Å². The number of hydrogen-bond acceptors (Lipinski definition) is 11. The van der Waals surface area contributed by atoms with Gasteiger partial charge in [0.15, 0.2) is 17.5 Å². The fraction of sp³-hybridized carbons (Fsp3) is 0.460. The minimum Gasteiger partial charge on any atom is -0.370 e. The number of fused-ring (bicyclic) bond motifs is 1. The number of imidazole rings is 1. The van der Waals surface area contributed by atoms with Crippen LogP contribution >= 0.6 is 0 Å². The highest BCUT2D eigenvalue weighted by Gasteiger charge is 2.35. The molecule has 0 radical (unpaired) electrons. The number of hydrogen-bond donors (Lipinski definition) is 11. The van der Waals surface area contributed by atoms with E-state index in [2.05, 4.69) is 57.2 Å². The maximum absolute atomic E-state index is 14.6. The van der Waals surface area contributed by atoms with Crippen LogP contribution in [0.15, 0.2) is 78.3 Å². The van der Waals surface area contributed by atoms with Crippen molar-refractivity contribution in [3.63, 3.8) is 0 Å². The minimum absolute atomic E-state index is 0.0145. The van der Waals surface area contributed by atoms with Gasteiger partial charge in [0.2, 0.25) is 41.4 Å². The van der Waals surface area contributed by atoms with Crippen LogP contribution in [0.4, 0.5) is 0 Å². The lowest BCUT2D eigenvalue weighted by Crippen LogP contribution is -2.59. The van der Waals surface area contributed by atoms with E-state index in [1.54, 1.807) is 36.5 Å². The Morgan fingerprint density at radius 2 is 1.57 bits per heavy atom. The quantitative estimate of drug-likeness (QED) is 0.0340. The van der Waals surface area contributed by atoms with Gasteiger partial charge in [-0.25, -0.2) is 4.98 Å². The number of unbranched alkanes of at least 4 members (excludes halogenated alkanes) is 1. The first-order chi connectivity index (χ1) is 34.5. The first-order valence-electron chi connectivity index (χ1n) is 24.2. The zero-order valence-corrected chi connectivity index (χ0v) is 40.9. The number of nitrogens with zero attached hydrogens (tertiary/aromatic N) is 2. The lowest BCUT2D eigenvalue weighted by Gasteiger charge is -2.28. The molecular formula is C50H67N13O9. The molecule has 0 spiro atoms. The Labute approximate surface area is 417 Å². The molecule has 7 amide bonds. The van der Waals surface area contributed by atoms with Gasteiger partial charge >= 0.3 is 0 Å². The van der Waals surface area contributed by atoms with E-state index >= 15 is 0 Å². The molecule has 22 heteroatoms. The monoisotopic (exact) mass is 994 g/mol. The van der Waals surface area contributed by atoms with Crippen molar-refractivity contribution in [1.29, 1.82) is 0 Å². The Hall–Kier alpha value is -7.91. The molecule has 1 aliphatic rings. The SMILES string of the molecule is CCCC[C@H](NC(C)=O)C(=O)N[C@H]1CCC(=O)NC[C@@H](C(=O)N[C@@H](Cc2c[nH]c3ccccc23)C(C)=O)NC(=O)[C@H](CCCN=C(N)N)CC(=O)[C@@H](Cc2ccccc2)NC(=O)[C@H](Cc2cnc[nH]2)NC1=O. The van der Waals surface area contributed by atoms with Crippen molar-refractivity contribution in [3.05, 3.63) is 90.1 Å². The van der Waals surface area contributed by atoms with Crippen LogP contribution in [0.25, 0.3) is 10.9 Å². The Morgan fingerprint density at radius 1 is 0.833 bits per heavy atom. The number of nitrogens with one attached hydrogen (secondary N) is 9. The van der Waals surface area contributed by atoms with Crippen molar-refractivity contribution < 1.29 is 43.2 Å². The number of Topliss-reactive ketones (excluding diaryl/α,β-unsaturated/α-hetero) is 2. The van der Waals surface area contributed by atoms with Crippen molar-refractivity contribution in [2.45, 2.75) is 128 Å². The number of rotatable bonds is 19. The second-order valence-corrected chi connectivity index (χ2v) is 18.0. The van der Waals surface area contributed by atoms with E-state index in [4.69, 9.17) is 11.5 Å². The zero-order valence-electron chi connectivity index (χ0n) is 40.9. The third-order valence-electron chi connectivity index (χ3n) is 12.3. The number of guanidine groups is 1. The molecule has 1 fully saturated rings. The third kappa shape index (κ3) is 17.2. The van der Waals surface area contributed by atoms with Gasteiger partial charge in [0.1, 0.15) is 24.2 Å². The number of para-hydroxylation sites is 1. The molecule has 22 nitrogen and oxygen atoms in total. The summed E-state index contributed by atoms with van der Waals surface area (Å²) >= 11 is 0. The predicted octanol–water partition coefficient (Wildman–Crippen LogP) is 0.166. The number of aliphatic imine (C=N–C) groups is 1. The van der Waals surface area contributed by atoms with Gasteiger partial charge < -0.3 is 58.7 Å². The maximum atomic E-state index is 14.6. The van der Waals surface area contributed by atoms with E-state index in [-0.39, 0.29) is 63.2 Å². The topological polar surface area (TPSA) is 347 Å². The second kappa shape index (κ2) is 27.5. The number of amides is 7. The number of carbonyl (C=O) groups is 9. The van der Waals surface area contributed by atoms with Crippen molar-refractivity contribution in [3.8, 4) is 0 Å². The molecule has 0 saturated carbocycles. The molecule has 7 atom stereocenters. The Bertz CT molecular complexity index is 2540. The van der Waals surface area contributed by atoms with Gasteiger partial charge in [-0.1, -0.05) is 68.3 Å². The summed E-state index contributed by atoms with van der Waals surface area (Å²) in [4.78, 5) is 139. The van der Waals surface area contributed by atoms with E-state index in [9.17, 15) is 43.2 Å². The van der Waals surface area contributed by atoms with Gasteiger partial charge in [-0.2, -0.15) is 0 Å². The largest absolute Gasteiger partial charge is 0.370 e. The van der Waals surface area contributed by atoms with Crippen LogP contribution in [0.2, 0.25) is 0 Å². The number of aromatic amines is 2. The summed E-state index contributed by atoms with van der Waals surface area (Å²) in [5, 5.41) is 19.8. The third-order valence-corrected chi connectivity index (χ3v) is 12.3. The normalized spacial score (nSPS) is 20.3. The standard InChI is InChI=1S/C50H67N13O9/c1-4-5-16-37(58-30(3)65)46(69)59-38-18-19-44(67)56-27-42(49(72)60-39(29(2)64)22-33-25-55-36-17-10-9-15-35(33)36)63-45(68)32(14-11-20-54-50(51)52)23-43(66)40(21-31-12-7-6-8-13-31)61-48(71)41(62-47(38)70)24-34-26-53-28-57-34/h6-10,12-13,15,17,25-26,28,32,37-42,55H,4-5,11,14,16,18-24,27H2,1-3H3,(H,53,57)(H,56,67)(H,58,65)(H,59,69)(H,60,72)(H,61,71)(H,62,70)(H,63,68)(H4,51,52,54)/t32-,37+,38+,39+,40-,41+,42+/m1/s1. The number of H-pyrrole nitrogens is 2. The Kier molecular flexibility index (Phi) is 21.0. The minimum atomic E-state index is -1.50. The van der Waals surface area contributed by atoms with Gasteiger partial charge in [-0.3, -0.25) is 48.1 Å². The Morgan fingerprint density at radius 3 is 2.26 bits per heavy atom. The highest BCUT2D eigenvalue weighted by molar-refractivity contribution is 5.98. The summed E-state index contributed by atoms with van der Waals surface area (Å²) < 4.78 is 0. The average molecular weight is 994 g/mol. The van der Waals surface area contributed by atoms with Crippen LogP contribution in [0.5, 0.6) is 0 Å². The van der Waals surface area contributed by atoms with Gasteiger partial charge in [0.05, 0.1) is 18.4 Å². The number of carbonyl (C=O) groups excluding carboxylic acids is 9. The second-order valence-electron chi connectivity index (χ2n) is 18.0. The molecule has 2 aromatic carbocycles. The van der Waals surface area contributed by atoms with Gasteiger partial charge in [-0.15, -0.1) is 0 Å². The number of ketones is 2. The number of aromatic nitrogens is 3. The molecule has 0 aliphatic carbocycles. The lowest BCUT2D eigenvalue weighted by atomic mass is 9.90. The molecule has 0 unspecified atom stereocenters. The van der Waals surface area contributed by atoms with E-state index in [1.807, 2.05) is 31.2 Å². The van der Waals surface area contributed by atoms with Crippen LogP contribution < -0.4 is 48.7 Å². The van der Waals surface area contributed by atoms with Crippen molar-refractivity contribution in [2.75, 3.05) is 13.1 Å². The molecule has 13 N–H and O–H groups in total. The summed E-state index contributed by atoms with van der Waals surface area (Å²) in [5.74, 6) is -7.32. The van der Waals surface area contributed by atoms with Crippen molar-refractivity contribution >= 4 is 69.8 Å². The molecular weight excluding hydrogens is 927 g/mol. The molecule has 72 heavy (non-hydrogen) atoms. The van der Waals surface area contributed by atoms with Gasteiger partial charge in [-0.05, 0) is 56.2 Å². The van der Waals surface area contributed by atoms with E-state index in [0.29, 0.717) is 24.1 Å². The fourth-order valence-electron chi connectivity index (χ4n) is 8.35. The predicted molar refractivity (Wildman–Crippen MR) is 267 cm³/mol. The highest BCUT2D eigenvalue weighted by Crippen LogP contribution is 2.21. The van der Waals surface area contributed by atoms with Crippen LogP contribution in [0.1, 0.15) is 89.0 Å². The molecule has 3 heterocycles. The summed E-state index contributed by atoms with van der Waals surface area (Å²) in [6.07, 6.45) is 5.13. The lowest BCUT2D eigenvalue weighted by molar-refractivity contribution is -0.136. The molecule has 4 aromatic rings. The van der Waals surface area contributed by atoms with Gasteiger partial charge in [0, 0.05) is 80.6 Å². The van der Waals surface area contributed by atoms with Crippen LogP contribution in [0, 0.1) is 5.92 Å². The zero-order chi connectivity index (χ0) is 52.2. The first-order valence-corrected chi connectivity index (χ1v) is 24.2. The average Bonchev–Trinajstić information content (AvgIpc) is 4.02. The van der Waals surface area contributed by atoms with Crippen molar-refractivity contribution in [1.82, 2.24) is 52.2 Å². The van der Waals surface area contributed by atoms with E-state index < -0.39 is 109 Å². The first kappa shape index (κ1) is 55.0. The Balaban J connectivity index is 1.53. The van der Waals surface area contributed by atoms with E-state index in [1.165, 1.54) is 26.4 Å².